The van der Waals surface area contributed by atoms with Crippen LogP contribution in [0.2, 0.25) is 0 Å². The third-order valence-electron chi connectivity index (χ3n) is 3.63. The van der Waals surface area contributed by atoms with Crippen LogP contribution in [0, 0.1) is 0 Å². The van der Waals surface area contributed by atoms with Crippen LogP contribution in [-0.4, -0.2) is 43.2 Å². The molecule has 122 valence electrons. The SMILES string of the molecule is C[C@H]1OCCN[C@@H]1C(=O)N(C)Cc1cccc(C(F)(F)F)c1. The molecule has 0 aliphatic carbocycles. The van der Waals surface area contributed by atoms with Crippen LogP contribution < -0.4 is 5.32 Å². The van der Waals surface area contributed by atoms with E-state index in [1.54, 1.807) is 20.0 Å². The average molecular weight is 316 g/mol. The van der Waals surface area contributed by atoms with Gasteiger partial charge in [0.15, 0.2) is 0 Å². The molecule has 0 unspecified atom stereocenters. The van der Waals surface area contributed by atoms with Crippen LogP contribution in [0.25, 0.3) is 0 Å². The number of rotatable bonds is 3. The Hall–Kier alpha value is -1.60. The first-order valence-electron chi connectivity index (χ1n) is 7.05. The molecule has 0 bridgehead atoms. The molecule has 22 heavy (non-hydrogen) atoms. The number of morpholine rings is 1. The van der Waals surface area contributed by atoms with Crippen molar-refractivity contribution < 1.29 is 22.7 Å². The maximum Gasteiger partial charge on any atom is 0.416 e. The number of carbonyl (C=O) groups is 1. The van der Waals surface area contributed by atoms with Crippen LogP contribution in [-0.2, 0) is 22.3 Å². The highest BCUT2D eigenvalue weighted by molar-refractivity contribution is 5.82. The van der Waals surface area contributed by atoms with E-state index in [2.05, 4.69) is 5.32 Å². The third kappa shape index (κ3) is 3.98. The molecule has 2 atom stereocenters. The second kappa shape index (κ2) is 6.66. The van der Waals surface area contributed by atoms with Crippen molar-refractivity contribution in [1.29, 1.82) is 0 Å². The lowest BCUT2D eigenvalue weighted by atomic mass is 10.1. The molecule has 2 rings (SSSR count). The quantitative estimate of drug-likeness (QED) is 0.928. The van der Waals surface area contributed by atoms with Gasteiger partial charge in [-0.25, -0.2) is 0 Å². The highest BCUT2D eigenvalue weighted by atomic mass is 19.4. The molecular formula is C15H19F3N2O2. The highest BCUT2D eigenvalue weighted by Gasteiger charge is 2.32. The first-order chi connectivity index (χ1) is 10.3. The Morgan fingerprint density at radius 2 is 2.18 bits per heavy atom. The van der Waals surface area contributed by atoms with Crippen molar-refractivity contribution in [2.75, 3.05) is 20.2 Å². The van der Waals surface area contributed by atoms with Crippen molar-refractivity contribution in [3.63, 3.8) is 0 Å². The highest BCUT2D eigenvalue weighted by Crippen LogP contribution is 2.29. The summed E-state index contributed by atoms with van der Waals surface area (Å²) in [6.45, 7) is 3.04. The normalized spacial score (nSPS) is 22.4. The predicted molar refractivity (Wildman–Crippen MR) is 75.1 cm³/mol. The van der Waals surface area contributed by atoms with E-state index in [4.69, 9.17) is 4.74 Å². The fourth-order valence-electron chi connectivity index (χ4n) is 2.44. The predicted octanol–water partition coefficient (Wildman–Crippen LogP) is 2.04. The second-order valence-electron chi connectivity index (χ2n) is 5.40. The summed E-state index contributed by atoms with van der Waals surface area (Å²) in [7, 11) is 1.58. The first kappa shape index (κ1) is 16.8. The maximum absolute atomic E-state index is 12.7. The lowest BCUT2D eigenvalue weighted by molar-refractivity contribution is -0.138. The van der Waals surface area contributed by atoms with Crippen molar-refractivity contribution in [1.82, 2.24) is 10.2 Å². The van der Waals surface area contributed by atoms with Crippen molar-refractivity contribution in [3.05, 3.63) is 35.4 Å². The van der Waals surface area contributed by atoms with Gasteiger partial charge >= 0.3 is 6.18 Å². The van der Waals surface area contributed by atoms with Crippen molar-refractivity contribution in [3.8, 4) is 0 Å². The molecule has 0 aromatic heterocycles. The van der Waals surface area contributed by atoms with Gasteiger partial charge in [-0.05, 0) is 24.6 Å². The topological polar surface area (TPSA) is 41.6 Å². The van der Waals surface area contributed by atoms with Gasteiger partial charge in [-0.2, -0.15) is 13.2 Å². The van der Waals surface area contributed by atoms with Crippen molar-refractivity contribution in [2.45, 2.75) is 31.8 Å². The number of nitrogens with zero attached hydrogens (tertiary/aromatic N) is 1. The Bertz CT molecular complexity index is 534. The zero-order valence-electron chi connectivity index (χ0n) is 12.5. The number of ether oxygens (including phenoxy) is 1. The number of amides is 1. The minimum absolute atomic E-state index is 0.119. The second-order valence-corrected chi connectivity index (χ2v) is 5.40. The van der Waals surface area contributed by atoms with E-state index in [0.717, 1.165) is 12.1 Å². The Morgan fingerprint density at radius 1 is 1.45 bits per heavy atom. The van der Waals surface area contributed by atoms with E-state index in [1.807, 2.05) is 0 Å². The molecule has 1 aliphatic heterocycles. The van der Waals surface area contributed by atoms with Gasteiger partial charge in [0.1, 0.15) is 6.04 Å². The monoisotopic (exact) mass is 316 g/mol. The smallest absolute Gasteiger partial charge is 0.375 e. The molecule has 1 aromatic carbocycles. The number of hydrogen-bond donors (Lipinski definition) is 1. The van der Waals surface area contributed by atoms with Crippen molar-refractivity contribution in [2.24, 2.45) is 0 Å². The van der Waals surface area contributed by atoms with E-state index in [-0.39, 0.29) is 18.6 Å². The summed E-state index contributed by atoms with van der Waals surface area (Å²) < 4.78 is 43.5. The van der Waals surface area contributed by atoms with Crippen molar-refractivity contribution >= 4 is 5.91 Å². The van der Waals surface area contributed by atoms with E-state index >= 15 is 0 Å². The van der Waals surface area contributed by atoms with Gasteiger partial charge in [-0.3, -0.25) is 4.79 Å². The Morgan fingerprint density at radius 3 is 2.82 bits per heavy atom. The molecule has 1 N–H and O–H groups in total. The Kier molecular flexibility index (Phi) is 5.08. The minimum atomic E-state index is -4.38. The summed E-state index contributed by atoms with van der Waals surface area (Å²) >= 11 is 0. The number of likely N-dealkylation sites (N-methyl/N-ethyl adjacent to an activating group) is 1. The van der Waals surface area contributed by atoms with Crippen LogP contribution in [0.3, 0.4) is 0 Å². The average Bonchev–Trinajstić information content (AvgIpc) is 2.46. The zero-order valence-corrected chi connectivity index (χ0v) is 12.5. The van der Waals surface area contributed by atoms with E-state index in [0.29, 0.717) is 18.7 Å². The first-order valence-corrected chi connectivity index (χ1v) is 7.05. The molecule has 4 nitrogen and oxygen atoms in total. The van der Waals surface area contributed by atoms with Crippen LogP contribution in [0.15, 0.2) is 24.3 Å². The van der Waals surface area contributed by atoms with E-state index in [9.17, 15) is 18.0 Å². The fourth-order valence-corrected chi connectivity index (χ4v) is 2.44. The Labute approximate surface area is 127 Å². The summed E-state index contributed by atoms with van der Waals surface area (Å²) in [6, 6.07) is 4.54. The molecule has 7 heteroatoms. The van der Waals surface area contributed by atoms with Gasteiger partial charge in [0.2, 0.25) is 5.91 Å². The lowest BCUT2D eigenvalue weighted by Crippen LogP contribution is -2.55. The molecule has 1 saturated heterocycles. The molecule has 0 radical (unpaired) electrons. The van der Waals surface area contributed by atoms with Gasteiger partial charge in [-0.1, -0.05) is 12.1 Å². The molecule has 1 heterocycles. The summed E-state index contributed by atoms with van der Waals surface area (Å²) in [5.41, 5.74) is -0.270. The van der Waals surface area contributed by atoms with Gasteiger partial charge in [0, 0.05) is 20.1 Å². The minimum Gasteiger partial charge on any atom is -0.375 e. The molecule has 1 fully saturated rings. The summed E-state index contributed by atoms with van der Waals surface area (Å²) in [5, 5.41) is 3.07. The number of hydrogen-bond acceptors (Lipinski definition) is 3. The number of carbonyl (C=O) groups excluding carboxylic acids is 1. The van der Waals surface area contributed by atoms with Gasteiger partial charge in [0.05, 0.1) is 18.3 Å². The molecular weight excluding hydrogens is 297 g/mol. The summed E-state index contributed by atoms with van der Waals surface area (Å²) in [6.07, 6.45) is -4.64. The number of halogens is 3. The zero-order chi connectivity index (χ0) is 16.3. The molecule has 1 aromatic rings. The number of nitrogens with one attached hydrogen (secondary N) is 1. The molecule has 1 aliphatic rings. The number of alkyl halides is 3. The van der Waals surface area contributed by atoms with Crippen LogP contribution in [0.1, 0.15) is 18.1 Å². The van der Waals surface area contributed by atoms with E-state index in [1.165, 1.54) is 11.0 Å². The fraction of sp³-hybridized carbons (Fsp3) is 0.533. The molecule has 0 saturated carbocycles. The summed E-state index contributed by atoms with van der Waals surface area (Å²) in [5.74, 6) is -0.190. The van der Waals surface area contributed by atoms with Gasteiger partial charge in [-0.15, -0.1) is 0 Å². The molecule has 0 spiro atoms. The van der Waals surface area contributed by atoms with Crippen LogP contribution >= 0.6 is 0 Å². The van der Waals surface area contributed by atoms with Crippen LogP contribution in [0.5, 0.6) is 0 Å². The standard InChI is InChI=1S/C15H19F3N2O2/c1-10-13(19-6-7-22-10)14(21)20(2)9-11-4-3-5-12(8-11)15(16,17)18/h3-5,8,10,13,19H,6-7,9H2,1-2H3/t10-,13+/m1/s1. The largest absolute Gasteiger partial charge is 0.416 e. The maximum atomic E-state index is 12.7. The van der Waals surface area contributed by atoms with Crippen LogP contribution in [0.4, 0.5) is 13.2 Å². The molecule has 1 amide bonds. The van der Waals surface area contributed by atoms with Gasteiger partial charge in [0.25, 0.3) is 0 Å². The Balaban J connectivity index is 2.05. The van der Waals surface area contributed by atoms with E-state index < -0.39 is 17.8 Å². The third-order valence-corrected chi connectivity index (χ3v) is 3.63. The lowest BCUT2D eigenvalue weighted by Gasteiger charge is -2.32. The van der Waals surface area contributed by atoms with Gasteiger partial charge < -0.3 is 15.0 Å². The summed E-state index contributed by atoms with van der Waals surface area (Å²) in [4.78, 5) is 13.8. The number of benzene rings is 1.